The van der Waals surface area contributed by atoms with Crippen molar-refractivity contribution in [2.75, 3.05) is 31.1 Å². The highest BCUT2D eigenvalue weighted by molar-refractivity contribution is 7.91. The second kappa shape index (κ2) is 6.55. The summed E-state index contributed by atoms with van der Waals surface area (Å²) < 4.78 is 24.1. The zero-order valence-corrected chi connectivity index (χ0v) is 14.8. The van der Waals surface area contributed by atoms with Gasteiger partial charge in [0.15, 0.2) is 9.84 Å². The van der Waals surface area contributed by atoms with Crippen LogP contribution >= 0.6 is 0 Å². The van der Waals surface area contributed by atoms with Gasteiger partial charge in [-0.3, -0.25) is 4.90 Å². The van der Waals surface area contributed by atoms with E-state index in [9.17, 15) is 8.42 Å². The van der Waals surface area contributed by atoms with Crippen molar-refractivity contribution in [1.82, 2.24) is 10.2 Å². The third-order valence-corrected chi connectivity index (χ3v) is 7.39. The molecule has 0 aromatic heterocycles. The maximum atomic E-state index is 12.1. The molecule has 0 radical (unpaired) electrons. The normalized spacial score (nSPS) is 30.0. The molecule has 4 nitrogen and oxygen atoms in total. The molecule has 0 aromatic carbocycles. The van der Waals surface area contributed by atoms with Gasteiger partial charge in [-0.1, -0.05) is 26.7 Å². The monoisotopic (exact) mass is 316 g/mol. The Labute approximate surface area is 130 Å². The first-order chi connectivity index (χ1) is 9.85. The van der Waals surface area contributed by atoms with E-state index in [4.69, 9.17) is 0 Å². The molecule has 1 saturated carbocycles. The van der Waals surface area contributed by atoms with Gasteiger partial charge in [-0.25, -0.2) is 8.42 Å². The molecular formula is C16H32N2O2S. The van der Waals surface area contributed by atoms with E-state index in [0.717, 1.165) is 25.9 Å². The Hall–Kier alpha value is -0.130. The molecular weight excluding hydrogens is 284 g/mol. The lowest BCUT2D eigenvalue weighted by atomic mass is 9.85. The summed E-state index contributed by atoms with van der Waals surface area (Å²) in [6, 6.07) is 0. The Morgan fingerprint density at radius 3 is 2.38 bits per heavy atom. The van der Waals surface area contributed by atoms with Crippen molar-refractivity contribution < 1.29 is 8.42 Å². The minimum Gasteiger partial charge on any atom is -0.308 e. The van der Waals surface area contributed by atoms with Crippen LogP contribution in [0.2, 0.25) is 0 Å². The van der Waals surface area contributed by atoms with Gasteiger partial charge in [-0.15, -0.1) is 0 Å². The quantitative estimate of drug-likeness (QED) is 0.816. The van der Waals surface area contributed by atoms with Crippen LogP contribution in [-0.2, 0) is 9.84 Å². The molecule has 21 heavy (non-hydrogen) atoms. The van der Waals surface area contributed by atoms with E-state index in [1.807, 2.05) is 6.92 Å². The summed E-state index contributed by atoms with van der Waals surface area (Å²) in [5, 5.41) is 3.74. The third kappa shape index (κ3) is 3.99. The van der Waals surface area contributed by atoms with Gasteiger partial charge >= 0.3 is 0 Å². The number of nitrogens with one attached hydrogen (secondary N) is 1. The Morgan fingerprint density at radius 2 is 1.81 bits per heavy atom. The lowest BCUT2D eigenvalue weighted by molar-refractivity contribution is 0.0169. The summed E-state index contributed by atoms with van der Waals surface area (Å²) in [6.45, 7) is 9.12. The predicted molar refractivity (Wildman–Crippen MR) is 88.4 cm³/mol. The van der Waals surface area contributed by atoms with E-state index in [1.54, 1.807) is 0 Å². The number of sulfone groups is 1. The molecule has 1 atom stereocenters. The molecule has 2 aliphatic rings. The number of nitrogens with zero attached hydrogens (tertiary/aromatic N) is 1. The van der Waals surface area contributed by atoms with Gasteiger partial charge in [0, 0.05) is 36.5 Å². The van der Waals surface area contributed by atoms with Crippen LogP contribution in [0.5, 0.6) is 0 Å². The van der Waals surface area contributed by atoms with Crippen LogP contribution in [0, 0.1) is 0 Å². The largest absolute Gasteiger partial charge is 0.308 e. The van der Waals surface area contributed by atoms with E-state index in [-0.39, 0.29) is 11.1 Å². The maximum absolute atomic E-state index is 12.1. The van der Waals surface area contributed by atoms with Crippen LogP contribution in [0.25, 0.3) is 0 Å². The van der Waals surface area contributed by atoms with Crippen molar-refractivity contribution in [2.45, 2.75) is 70.4 Å². The second-order valence-corrected chi connectivity index (χ2v) is 9.58. The molecule has 124 valence electrons. The summed E-state index contributed by atoms with van der Waals surface area (Å²) in [5.41, 5.74) is 0.346. The molecule has 0 bridgehead atoms. The van der Waals surface area contributed by atoms with Gasteiger partial charge < -0.3 is 5.32 Å². The zero-order valence-electron chi connectivity index (χ0n) is 14.0. The number of piperazine rings is 1. The summed E-state index contributed by atoms with van der Waals surface area (Å²) in [6.07, 6.45) is 6.80. The van der Waals surface area contributed by atoms with Crippen molar-refractivity contribution in [1.29, 1.82) is 0 Å². The fraction of sp³-hybridized carbons (Fsp3) is 1.00. The number of hydrogen-bond acceptors (Lipinski definition) is 4. The van der Waals surface area contributed by atoms with Crippen molar-refractivity contribution in [3.8, 4) is 0 Å². The highest BCUT2D eigenvalue weighted by atomic mass is 32.2. The molecule has 1 N–H and O–H groups in total. The standard InChI is InChI=1S/C16H32N2O2S/c1-4-11-21(19,20)12-10-18-14-15(3,5-2)17-13-16(18)8-6-7-9-16/h17H,4-14H2,1-3H3. The Bertz CT molecular complexity index is 443. The van der Waals surface area contributed by atoms with E-state index in [0.29, 0.717) is 18.1 Å². The van der Waals surface area contributed by atoms with E-state index < -0.39 is 9.84 Å². The molecule has 0 amide bonds. The van der Waals surface area contributed by atoms with Crippen molar-refractivity contribution in [3.05, 3.63) is 0 Å². The van der Waals surface area contributed by atoms with Crippen LogP contribution in [0.4, 0.5) is 0 Å². The average molecular weight is 317 g/mol. The molecule has 1 saturated heterocycles. The van der Waals surface area contributed by atoms with Crippen LogP contribution in [0.3, 0.4) is 0 Å². The second-order valence-electron chi connectivity index (χ2n) is 7.27. The first-order valence-corrected chi connectivity index (χ1v) is 10.4. The fourth-order valence-corrected chi connectivity index (χ4v) is 5.20. The van der Waals surface area contributed by atoms with E-state index in [1.165, 1.54) is 25.7 Å². The van der Waals surface area contributed by atoms with Crippen molar-refractivity contribution >= 4 is 9.84 Å². The lowest BCUT2D eigenvalue weighted by Crippen LogP contribution is -2.68. The fourth-order valence-electron chi connectivity index (χ4n) is 3.88. The number of rotatable bonds is 6. The predicted octanol–water partition coefficient (Wildman–Crippen LogP) is 2.20. The number of hydrogen-bond donors (Lipinski definition) is 1. The summed E-state index contributed by atoms with van der Waals surface area (Å²) >= 11 is 0. The summed E-state index contributed by atoms with van der Waals surface area (Å²) in [7, 11) is -2.88. The Morgan fingerprint density at radius 1 is 1.14 bits per heavy atom. The third-order valence-electron chi connectivity index (χ3n) is 5.56. The topological polar surface area (TPSA) is 49.4 Å². The molecule has 1 aliphatic carbocycles. The van der Waals surface area contributed by atoms with Crippen LogP contribution in [-0.4, -0.2) is 55.5 Å². The minimum atomic E-state index is -2.88. The minimum absolute atomic E-state index is 0.127. The first-order valence-electron chi connectivity index (χ1n) is 8.55. The SMILES string of the molecule is CCCS(=O)(=O)CCN1CC(C)(CC)NCC12CCCC2. The van der Waals surface area contributed by atoms with Crippen molar-refractivity contribution in [2.24, 2.45) is 0 Å². The molecule has 1 unspecified atom stereocenters. The van der Waals surface area contributed by atoms with Gasteiger partial charge in [-0.05, 0) is 32.6 Å². The van der Waals surface area contributed by atoms with Crippen LogP contribution in [0.15, 0.2) is 0 Å². The molecule has 1 spiro atoms. The van der Waals surface area contributed by atoms with Gasteiger partial charge in [-0.2, -0.15) is 0 Å². The van der Waals surface area contributed by atoms with E-state index in [2.05, 4.69) is 24.1 Å². The highest BCUT2D eigenvalue weighted by Gasteiger charge is 2.46. The summed E-state index contributed by atoms with van der Waals surface area (Å²) in [4.78, 5) is 2.51. The van der Waals surface area contributed by atoms with Gasteiger partial charge in [0.2, 0.25) is 0 Å². The first kappa shape index (κ1) is 17.2. The average Bonchev–Trinajstić information content (AvgIpc) is 2.90. The van der Waals surface area contributed by atoms with Crippen LogP contribution < -0.4 is 5.32 Å². The molecule has 2 fully saturated rings. The molecule has 1 aliphatic heterocycles. The van der Waals surface area contributed by atoms with Gasteiger partial charge in [0.05, 0.1) is 5.75 Å². The Kier molecular flexibility index (Phi) is 5.37. The zero-order chi connectivity index (χ0) is 15.6. The molecule has 0 aromatic rings. The van der Waals surface area contributed by atoms with E-state index >= 15 is 0 Å². The molecule has 5 heteroatoms. The lowest BCUT2D eigenvalue weighted by Gasteiger charge is -2.52. The van der Waals surface area contributed by atoms with Crippen molar-refractivity contribution in [3.63, 3.8) is 0 Å². The highest BCUT2D eigenvalue weighted by Crippen LogP contribution is 2.38. The maximum Gasteiger partial charge on any atom is 0.151 e. The van der Waals surface area contributed by atoms with Crippen LogP contribution in [0.1, 0.15) is 59.3 Å². The van der Waals surface area contributed by atoms with Gasteiger partial charge in [0.1, 0.15) is 0 Å². The summed E-state index contributed by atoms with van der Waals surface area (Å²) in [5.74, 6) is 0.652. The molecule has 2 rings (SSSR count). The smallest absolute Gasteiger partial charge is 0.151 e. The Balaban J connectivity index is 2.07. The molecule has 1 heterocycles. The van der Waals surface area contributed by atoms with Gasteiger partial charge in [0.25, 0.3) is 0 Å².